The van der Waals surface area contributed by atoms with Gasteiger partial charge in [-0.3, -0.25) is 9.69 Å². The first-order valence-corrected chi connectivity index (χ1v) is 9.17. The van der Waals surface area contributed by atoms with Gasteiger partial charge in [-0.2, -0.15) is 0 Å². The third kappa shape index (κ3) is 4.36. The largest absolute Gasteiger partial charge is 0.497 e. The van der Waals surface area contributed by atoms with E-state index in [0.29, 0.717) is 32.7 Å². The molecule has 1 amide bonds. The Hall–Kier alpha value is -2.38. The van der Waals surface area contributed by atoms with Gasteiger partial charge in [0.2, 0.25) is 0 Å². The van der Waals surface area contributed by atoms with Crippen molar-refractivity contribution in [2.45, 2.75) is 6.54 Å². The predicted molar refractivity (Wildman–Crippen MR) is 102 cm³/mol. The minimum Gasteiger partial charge on any atom is -0.497 e. The van der Waals surface area contributed by atoms with Crippen LogP contribution in [0.2, 0.25) is 5.02 Å². The van der Waals surface area contributed by atoms with Gasteiger partial charge in [-0.05, 0) is 30.3 Å². The molecule has 1 aliphatic heterocycles. The molecule has 0 N–H and O–H groups in total. The molecule has 1 heterocycles. The van der Waals surface area contributed by atoms with Crippen LogP contribution in [0.1, 0.15) is 15.9 Å². The van der Waals surface area contributed by atoms with Crippen molar-refractivity contribution >= 4 is 17.5 Å². The van der Waals surface area contributed by atoms with Gasteiger partial charge in [-0.15, -0.1) is 0 Å². The zero-order chi connectivity index (χ0) is 20.3. The van der Waals surface area contributed by atoms with E-state index in [-0.39, 0.29) is 10.6 Å². The summed E-state index contributed by atoms with van der Waals surface area (Å²) in [6.45, 7) is 2.83. The monoisotopic (exact) mass is 410 g/mol. The fraction of sp³-hybridized carbons (Fsp3) is 0.350. The van der Waals surface area contributed by atoms with Crippen molar-refractivity contribution in [2.24, 2.45) is 0 Å². The van der Waals surface area contributed by atoms with Gasteiger partial charge in [0.15, 0.2) is 11.6 Å². The summed E-state index contributed by atoms with van der Waals surface area (Å²) in [4.78, 5) is 16.4. The number of carbonyl (C=O) groups excluding carboxylic acids is 1. The van der Waals surface area contributed by atoms with Crippen LogP contribution in [-0.2, 0) is 6.54 Å². The van der Waals surface area contributed by atoms with Crippen molar-refractivity contribution in [3.63, 3.8) is 0 Å². The Morgan fingerprint density at radius 1 is 1.04 bits per heavy atom. The minimum atomic E-state index is -1.09. The molecule has 1 aliphatic rings. The van der Waals surface area contributed by atoms with Gasteiger partial charge in [0, 0.05) is 38.3 Å². The number of hydrogen-bond donors (Lipinski definition) is 0. The first-order valence-electron chi connectivity index (χ1n) is 8.80. The summed E-state index contributed by atoms with van der Waals surface area (Å²) < 4.78 is 37.4. The molecule has 0 aromatic heterocycles. The van der Waals surface area contributed by atoms with Crippen LogP contribution in [0.25, 0.3) is 0 Å². The van der Waals surface area contributed by atoms with Crippen molar-refractivity contribution < 1.29 is 23.0 Å². The fourth-order valence-corrected chi connectivity index (χ4v) is 3.44. The second-order valence-corrected chi connectivity index (χ2v) is 6.90. The van der Waals surface area contributed by atoms with Crippen molar-refractivity contribution in [2.75, 3.05) is 40.4 Å². The van der Waals surface area contributed by atoms with E-state index in [0.717, 1.165) is 29.2 Å². The first kappa shape index (κ1) is 20.4. The molecule has 0 unspecified atom stereocenters. The lowest BCUT2D eigenvalue weighted by molar-refractivity contribution is 0.0627. The van der Waals surface area contributed by atoms with E-state index in [9.17, 15) is 13.6 Å². The van der Waals surface area contributed by atoms with Crippen molar-refractivity contribution in [3.05, 3.63) is 58.1 Å². The Labute approximate surface area is 167 Å². The van der Waals surface area contributed by atoms with Crippen LogP contribution in [0.4, 0.5) is 8.78 Å². The zero-order valence-electron chi connectivity index (χ0n) is 15.7. The van der Waals surface area contributed by atoms with Crippen LogP contribution in [0.3, 0.4) is 0 Å². The molecule has 0 radical (unpaired) electrons. The molecule has 2 aromatic rings. The van der Waals surface area contributed by atoms with Gasteiger partial charge < -0.3 is 14.4 Å². The molecule has 0 spiro atoms. The number of hydrogen-bond acceptors (Lipinski definition) is 4. The average molecular weight is 411 g/mol. The van der Waals surface area contributed by atoms with E-state index in [1.165, 1.54) is 0 Å². The summed E-state index contributed by atoms with van der Waals surface area (Å²) in [6.07, 6.45) is 0. The molecule has 5 nitrogen and oxygen atoms in total. The SMILES string of the molecule is COc1ccc(OC)c(CN2CCN(C(=O)c3cc(F)c(F)cc3Cl)CC2)c1. The number of amides is 1. The van der Waals surface area contributed by atoms with Crippen molar-refractivity contribution in [1.29, 1.82) is 0 Å². The Morgan fingerprint density at radius 2 is 1.71 bits per heavy atom. The average Bonchev–Trinajstić information content (AvgIpc) is 2.70. The molecule has 150 valence electrons. The normalized spacial score (nSPS) is 14.8. The Balaban J connectivity index is 1.65. The van der Waals surface area contributed by atoms with Gasteiger partial charge in [-0.25, -0.2) is 8.78 Å². The second-order valence-electron chi connectivity index (χ2n) is 6.49. The van der Waals surface area contributed by atoms with Crippen LogP contribution in [0.15, 0.2) is 30.3 Å². The van der Waals surface area contributed by atoms with Gasteiger partial charge in [0.25, 0.3) is 5.91 Å². The lowest BCUT2D eigenvalue weighted by atomic mass is 10.1. The molecular weight excluding hydrogens is 390 g/mol. The fourth-order valence-electron chi connectivity index (χ4n) is 3.21. The van der Waals surface area contributed by atoms with E-state index in [1.807, 2.05) is 18.2 Å². The highest BCUT2D eigenvalue weighted by Gasteiger charge is 2.25. The van der Waals surface area contributed by atoms with E-state index >= 15 is 0 Å². The van der Waals surface area contributed by atoms with E-state index in [2.05, 4.69) is 4.90 Å². The zero-order valence-corrected chi connectivity index (χ0v) is 16.4. The quantitative estimate of drug-likeness (QED) is 0.706. The van der Waals surface area contributed by atoms with Crippen LogP contribution < -0.4 is 9.47 Å². The maximum atomic E-state index is 13.5. The van der Waals surface area contributed by atoms with Crippen molar-refractivity contribution in [1.82, 2.24) is 9.80 Å². The number of carbonyl (C=O) groups is 1. The number of benzene rings is 2. The summed E-state index contributed by atoms with van der Waals surface area (Å²) >= 11 is 5.92. The third-order valence-electron chi connectivity index (χ3n) is 4.78. The molecule has 0 atom stereocenters. The lowest BCUT2D eigenvalue weighted by Crippen LogP contribution is -2.48. The highest BCUT2D eigenvalue weighted by atomic mass is 35.5. The van der Waals surface area contributed by atoms with Crippen LogP contribution in [0.5, 0.6) is 11.5 Å². The van der Waals surface area contributed by atoms with E-state index in [4.69, 9.17) is 21.1 Å². The van der Waals surface area contributed by atoms with Crippen molar-refractivity contribution in [3.8, 4) is 11.5 Å². The molecule has 1 saturated heterocycles. The molecule has 8 heteroatoms. The molecule has 28 heavy (non-hydrogen) atoms. The summed E-state index contributed by atoms with van der Waals surface area (Å²) in [6, 6.07) is 7.31. The van der Waals surface area contributed by atoms with Crippen LogP contribution in [-0.4, -0.2) is 56.1 Å². The summed E-state index contributed by atoms with van der Waals surface area (Å²) in [7, 11) is 3.23. The number of nitrogens with zero attached hydrogens (tertiary/aromatic N) is 2. The second kappa shape index (κ2) is 8.75. The summed E-state index contributed by atoms with van der Waals surface area (Å²) in [5, 5.41) is -0.0903. The highest BCUT2D eigenvalue weighted by Crippen LogP contribution is 2.26. The van der Waals surface area contributed by atoms with E-state index < -0.39 is 17.5 Å². The molecule has 0 bridgehead atoms. The molecule has 0 saturated carbocycles. The van der Waals surface area contributed by atoms with Crippen LogP contribution in [0, 0.1) is 11.6 Å². The lowest BCUT2D eigenvalue weighted by Gasteiger charge is -2.35. The molecule has 3 rings (SSSR count). The smallest absolute Gasteiger partial charge is 0.255 e. The number of methoxy groups -OCH3 is 2. The number of ether oxygens (including phenoxy) is 2. The molecular formula is C20H21ClF2N2O3. The number of rotatable bonds is 5. The van der Waals surface area contributed by atoms with Gasteiger partial charge in [-0.1, -0.05) is 11.6 Å². The Bertz CT molecular complexity index is 871. The number of halogens is 3. The van der Waals surface area contributed by atoms with Gasteiger partial charge in [0.05, 0.1) is 24.8 Å². The maximum absolute atomic E-state index is 13.5. The highest BCUT2D eigenvalue weighted by molar-refractivity contribution is 6.33. The Kier molecular flexibility index (Phi) is 6.36. The molecule has 0 aliphatic carbocycles. The first-order chi connectivity index (χ1) is 13.4. The standard InChI is InChI=1S/C20H21ClF2N2O3/c1-27-14-3-4-19(28-2)13(9-14)12-24-5-7-25(8-6-24)20(26)15-10-17(22)18(23)11-16(15)21/h3-4,9-11H,5-8,12H2,1-2H3. The minimum absolute atomic E-state index is 0.0246. The van der Waals surface area contributed by atoms with Crippen LogP contribution >= 0.6 is 11.6 Å². The molecule has 1 fully saturated rings. The Morgan fingerprint density at radius 3 is 2.36 bits per heavy atom. The third-order valence-corrected chi connectivity index (χ3v) is 5.09. The maximum Gasteiger partial charge on any atom is 0.255 e. The summed E-state index contributed by atoms with van der Waals surface area (Å²) in [5.41, 5.74) is 0.966. The van der Waals surface area contributed by atoms with Gasteiger partial charge >= 0.3 is 0 Å². The van der Waals surface area contributed by atoms with E-state index in [1.54, 1.807) is 19.1 Å². The molecule has 2 aromatic carbocycles. The number of piperazine rings is 1. The predicted octanol–water partition coefficient (Wildman–Crippen LogP) is 3.59. The van der Waals surface area contributed by atoms with Gasteiger partial charge in [0.1, 0.15) is 11.5 Å². The topological polar surface area (TPSA) is 42.0 Å². The summed E-state index contributed by atoms with van der Waals surface area (Å²) in [5.74, 6) is -1.04.